The smallest absolute Gasteiger partial charge is 0.0737 e. The highest BCUT2D eigenvalue weighted by Crippen LogP contribution is 2.44. The van der Waals surface area contributed by atoms with E-state index >= 15 is 0 Å². The molecule has 0 aliphatic carbocycles. The van der Waals surface area contributed by atoms with Crippen LogP contribution in [0.15, 0.2) is 158 Å². The van der Waals surface area contributed by atoms with Crippen molar-refractivity contribution < 1.29 is 0 Å². The minimum atomic E-state index is -0.0763. The molecule has 5 heterocycles. The Morgan fingerprint density at radius 3 is 1.11 bits per heavy atom. The third kappa shape index (κ3) is 6.87. The van der Waals surface area contributed by atoms with Crippen LogP contribution in [0, 0.1) is 0 Å². The van der Waals surface area contributed by atoms with Crippen LogP contribution in [0.1, 0.15) is 75.4 Å². The van der Waals surface area contributed by atoms with Gasteiger partial charge in [-0.05, 0) is 115 Å². The summed E-state index contributed by atoms with van der Waals surface area (Å²) in [5.74, 6) is 0. The minimum Gasteiger partial charge on any atom is -0.354 e. The summed E-state index contributed by atoms with van der Waals surface area (Å²) in [7, 11) is 0. The molecule has 9 aromatic rings. The van der Waals surface area contributed by atoms with Gasteiger partial charge in [-0.2, -0.15) is 0 Å². The second-order valence-corrected chi connectivity index (χ2v) is 19.2. The molecule has 2 aliphatic rings. The van der Waals surface area contributed by atoms with E-state index in [0.717, 1.165) is 89.4 Å². The maximum absolute atomic E-state index is 5.64. The third-order valence-electron chi connectivity index (χ3n) is 12.9. The largest absolute Gasteiger partial charge is 0.354 e. The van der Waals surface area contributed by atoms with Crippen LogP contribution in [0.4, 0.5) is 0 Å². The first-order valence-electron chi connectivity index (χ1n) is 22.3. The highest BCUT2D eigenvalue weighted by atomic mass is 14.8. The van der Waals surface area contributed by atoms with Gasteiger partial charge in [0.25, 0.3) is 0 Å². The number of nitrogens with zero attached hydrogens (tertiary/aromatic N) is 2. The summed E-state index contributed by atoms with van der Waals surface area (Å²) in [6.45, 7) is 13.8. The zero-order valence-electron chi connectivity index (χ0n) is 37.2. The lowest BCUT2D eigenvalue weighted by Gasteiger charge is -2.26. The van der Waals surface area contributed by atoms with E-state index in [-0.39, 0.29) is 10.8 Å². The second kappa shape index (κ2) is 15.1. The fourth-order valence-corrected chi connectivity index (χ4v) is 9.51. The Hall–Kier alpha value is -7.56. The van der Waals surface area contributed by atoms with E-state index in [9.17, 15) is 0 Å². The molecule has 0 spiro atoms. The predicted molar refractivity (Wildman–Crippen MR) is 273 cm³/mol. The molecule has 4 nitrogen and oxygen atoms in total. The van der Waals surface area contributed by atoms with Crippen molar-refractivity contribution in [3.05, 3.63) is 192 Å². The van der Waals surface area contributed by atoms with Crippen molar-refractivity contribution in [3.63, 3.8) is 0 Å². The van der Waals surface area contributed by atoms with E-state index in [0.29, 0.717) is 0 Å². The molecule has 310 valence electrons. The maximum Gasteiger partial charge on any atom is 0.0737 e. The van der Waals surface area contributed by atoms with E-state index in [4.69, 9.17) is 9.97 Å². The fraction of sp³-hybridized carbons (Fsp3) is 0.133. The number of nitrogens with one attached hydrogen (secondary N) is 2. The van der Waals surface area contributed by atoms with Gasteiger partial charge < -0.3 is 9.97 Å². The van der Waals surface area contributed by atoms with Crippen molar-refractivity contribution in [3.8, 4) is 44.5 Å². The molecule has 0 saturated carbocycles. The van der Waals surface area contributed by atoms with Crippen molar-refractivity contribution in [2.24, 2.45) is 0 Å². The van der Waals surface area contributed by atoms with Crippen LogP contribution in [-0.4, -0.2) is 19.9 Å². The quantitative estimate of drug-likeness (QED) is 0.174. The Labute approximate surface area is 374 Å². The molecule has 0 atom stereocenters. The molecule has 6 aromatic carbocycles. The number of aromatic nitrogens is 4. The van der Waals surface area contributed by atoms with E-state index in [1.807, 2.05) is 0 Å². The summed E-state index contributed by atoms with van der Waals surface area (Å²) >= 11 is 0. The van der Waals surface area contributed by atoms with Gasteiger partial charge >= 0.3 is 0 Å². The van der Waals surface area contributed by atoms with Gasteiger partial charge in [0.2, 0.25) is 0 Å². The van der Waals surface area contributed by atoms with Crippen LogP contribution in [-0.2, 0) is 10.8 Å². The second-order valence-electron chi connectivity index (χ2n) is 19.2. The first kappa shape index (κ1) is 39.3. The van der Waals surface area contributed by atoms with Gasteiger partial charge in [0, 0.05) is 49.9 Å². The molecule has 0 fully saturated rings. The normalized spacial score (nSPS) is 12.7. The summed E-state index contributed by atoms with van der Waals surface area (Å²) in [6.07, 6.45) is 8.77. The lowest BCUT2D eigenvalue weighted by molar-refractivity contribution is 0.569. The number of H-pyrrole nitrogens is 2. The van der Waals surface area contributed by atoms with Crippen molar-refractivity contribution >= 4 is 67.9 Å². The van der Waals surface area contributed by atoms with Crippen molar-refractivity contribution in [1.82, 2.24) is 19.9 Å². The Kier molecular flexibility index (Phi) is 9.25. The average Bonchev–Trinajstić information content (AvgIpc) is 4.15. The van der Waals surface area contributed by atoms with Crippen molar-refractivity contribution in [2.75, 3.05) is 0 Å². The minimum absolute atomic E-state index is 0.0763. The summed E-state index contributed by atoms with van der Waals surface area (Å²) in [5, 5.41) is 4.72. The molecule has 2 aliphatic heterocycles. The van der Waals surface area contributed by atoms with Crippen LogP contribution < -0.4 is 0 Å². The first-order chi connectivity index (χ1) is 31.0. The summed E-state index contributed by atoms with van der Waals surface area (Å²) in [4.78, 5) is 19.2. The summed E-state index contributed by atoms with van der Waals surface area (Å²) in [5.41, 5.74) is 18.6. The molecule has 2 N–H and O–H groups in total. The highest BCUT2D eigenvalue weighted by molar-refractivity contribution is 6.16. The zero-order chi connectivity index (χ0) is 43.7. The Morgan fingerprint density at radius 1 is 0.328 bits per heavy atom. The highest BCUT2D eigenvalue weighted by Gasteiger charge is 2.25. The van der Waals surface area contributed by atoms with Gasteiger partial charge in [0.15, 0.2) is 0 Å². The molecular weight excluding hydrogens is 777 g/mol. The van der Waals surface area contributed by atoms with Gasteiger partial charge in [0.1, 0.15) is 0 Å². The lowest BCUT2D eigenvalue weighted by atomic mass is 9.79. The maximum atomic E-state index is 5.64. The molecule has 4 heteroatoms. The molecule has 0 unspecified atom stereocenters. The predicted octanol–water partition coefficient (Wildman–Crippen LogP) is 16.2. The molecule has 64 heavy (non-hydrogen) atoms. The Balaban J connectivity index is 1.36. The number of hydrogen-bond acceptors (Lipinski definition) is 2. The molecule has 8 bridgehead atoms. The number of aromatic amines is 2. The van der Waals surface area contributed by atoms with Gasteiger partial charge in [-0.1, -0.05) is 169 Å². The Morgan fingerprint density at radius 2 is 0.688 bits per heavy atom. The van der Waals surface area contributed by atoms with Crippen LogP contribution in [0.5, 0.6) is 0 Å². The monoisotopic (exact) mass is 826 g/mol. The van der Waals surface area contributed by atoms with Crippen LogP contribution >= 0.6 is 0 Å². The first-order valence-corrected chi connectivity index (χ1v) is 22.3. The van der Waals surface area contributed by atoms with Crippen LogP contribution in [0.25, 0.3) is 112 Å². The van der Waals surface area contributed by atoms with E-state index in [1.54, 1.807) is 0 Å². The number of benzene rings is 6. The van der Waals surface area contributed by atoms with Gasteiger partial charge in [-0.3, -0.25) is 0 Å². The molecule has 0 amide bonds. The number of hydrogen-bond donors (Lipinski definition) is 2. The fourth-order valence-electron chi connectivity index (χ4n) is 9.51. The summed E-state index contributed by atoms with van der Waals surface area (Å²) < 4.78 is 0. The van der Waals surface area contributed by atoms with E-state index < -0.39 is 0 Å². The SMILES string of the molecule is CC(C)(C)c1cc(-c2c3nc(c(-c4ccccc4)c4ccc([nH]4)c(-c4ccccc4)c4nc(c(-c5c6ccccc6cc6ccccc56)c5ccc2[nH]5)C=C4)C=C3)cc(C(C)(C)C)c1. The van der Waals surface area contributed by atoms with Crippen molar-refractivity contribution in [1.29, 1.82) is 0 Å². The topological polar surface area (TPSA) is 57.4 Å². The molecule has 0 radical (unpaired) electrons. The Bertz CT molecular complexity index is 3460. The van der Waals surface area contributed by atoms with Crippen LogP contribution in [0.2, 0.25) is 0 Å². The summed E-state index contributed by atoms with van der Waals surface area (Å²) in [6, 6.07) is 57.0. The average molecular weight is 827 g/mol. The molecule has 11 rings (SSSR count). The van der Waals surface area contributed by atoms with E-state index in [1.165, 1.54) is 32.7 Å². The third-order valence-corrected chi connectivity index (χ3v) is 12.9. The number of rotatable bonds is 4. The molecule has 3 aromatic heterocycles. The molecule has 0 saturated heterocycles. The van der Waals surface area contributed by atoms with Crippen LogP contribution in [0.3, 0.4) is 0 Å². The van der Waals surface area contributed by atoms with Gasteiger partial charge in [-0.15, -0.1) is 0 Å². The standard InChI is InChI=1S/C60H50N4/c1-59(2,3)42-34-41(35-43(36-42)60(4,5)6)56-50-28-27-48(62-50)54(37-17-9-7-10-18-37)46-25-26-47(61-46)55(38-19-11-8-12-20-38)49-29-31-52(63-49)58(53-32-30-51(56)64-53)57-44-23-15-13-21-39(44)33-40-22-14-16-24-45(40)57/h7-36,61,64H,1-6H3. The van der Waals surface area contributed by atoms with E-state index in [2.05, 4.69) is 234 Å². The lowest BCUT2D eigenvalue weighted by Crippen LogP contribution is -2.16. The van der Waals surface area contributed by atoms with Gasteiger partial charge in [0.05, 0.1) is 22.8 Å². The molecular formula is C60H50N4. The van der Waals surface area contributed by atoms with Gasteiger partial charge in [-0.25, -0.2) is 9.97 Å². The number of fused-ring (bicyclic) bond motifs is 10. The van der Waals surface area contributed by atoms with Crippen molar-refractivity contribution in [2.45, 2.75) is 52.4 Å². The zero-order valence-corrected chi connectivity index (χ0v) is 37.2.